The molecule has 2 aromatic rings. The first-order valence-electron chi connectivity index (χ1n) is 5.51. The number of halogens is 1. The number of nitriles is 1. The van der Waals surface area contributed by atoms with Gasteiger partial charge in [0.2, 0.25) is 0 Å². The van der Waals surface area contributed by atoms with E-state index in [0.29, 0.717) is 5.56 Å². The van der Waals surface area contributed by atoms with Gasteiger partial charge in [0.05, 0.1) is 11.6 Å². The highest BCUT2D eigenvalue weighted by Crippen LogP contribution is 2.18. The first-order valence-corrected chi connectivity index (χ1v) is 6.31. The number of aromatic nitrogens is 1. The van der Waals surface area contributed by atoms with Crippen molar-refractivity contribution in [1.82, 2.24) is 4.98 Å². The van der Waals surface area contributed by atoms with Crippen LogP contribution in [-0.2, 0) is 0 Å². The van der Waals surface area contributed by atoms with Gasteiger partial charge in [-0.3, -0.25) is 9.78 Å². The van der Waals surface area contributed by atoms with E-state index in [4.69, 9.17) is 5.26 Å². The lowest BCUT2D eigenvalue weighted by atomic mass is 10.2. The quantitative estimate of drug-likeness (QED) is 0.856. The van der Waals surface area contributed by atoms with Gasteiger partial charge in [-0.25, -0.2) is 0 Å². The summed E-state index contributed by atoms with van der Waals surface area (Å²) in [7, 11) is 1.67. The van der Waals surface area contributed by atoms with Gasteiger partial charge in [-0.05, 0) is 36.4 Å². The first-order chi connectivity index (χ1) is 9.11. The molecule has 1 aromatic carbocycles. The van der Waals surface area contributed by atoms with Crippen molar-refractivity contribution < 1.29 is 4.79 Å². The van der Waals surface area contributed by atoms with Crippen LogP contribution >= 0.6 is 15.9 Å². The number of rotatable bonds is 2. The van der Waals surface area contributed by atoms with E-state index in [1.165, 1.54) is 17.2 Å². The average molecular weight is 316 g/mol. The number of carbonyl (C=O) groups excluding carboxylic acids is 1. The van der Waals surface area contributed by atoms with E-state index in [-0.39, 0.29) is 11.6 Å². The Morgan fingerprint density at radius 2 is 2.00 bits per heavy atom. The van der Waals surface area contributed by atoms with Gasteiger partial charge in [0.15, 0.2) is 0 Å². The lowest BCUT2D eigenvalue weighted by Gasteiger charge is -2.16. The van der Waals surface area contributed by atoms with Crippen molar-refractivity contribution in [1.29, 1.82) is 5.26 Å². The highest BCUT2D eigenvalue weighted by Gasteiger charge is 2.15. The van der Waals surface area contributed by atoms with E-state index in [1.807, 2.05) is 30.3 Å². The normalized spacial score (nSPS) is 9.74. The average Bonchev–Trinajstić information content (AvgIpc) is 2.46. The van der Waals surface area contributed by atoms with Gasteiger partial charge >= 0.3 is 0 Å². The SMILES string of the molecule is CN(C(=O)c1cc(C#N)ccn1)c1ccc(Br)cc1. The monoisotopic (exact) mass is 315 g/mol. The Labute approximate surface area is 119 Å². The first kappa shape index (κ1) is 13.2. The minimum atomic E-state index is -0.251. The molecule has 5 heteroatoms. The van der Waals surface area contributed by atoms with Gasteiger partial charge in [-0.15, -0.1) is 0 Å². The van der Waals surface area contributed by atoms with Gasteiger partial charge in [0.1, 0.15) is 5.69 Å². The van der Waals surface area contributed by atoms with Gasteiger partial charge in [0, 0.05) is 23.4 Å². The molecule has 0 radical (unpaired) electrons. The summed E-state index contributed by atoms with van der Waals surface area (Å²) in [4.78, 5) is 17.7. The molecule has 94 valence electrons. The summed E-state index contributed by atoms with van der Waals surface area (Å²) in [6.45, 7) is 0. The van der Waals surface area contributed by atoms with Crippen molar-refractivity contribution >= 4 is 27.5 Å². The Hall–Kier alpha value is -2.19. The fraction of sp³-hybridized carbons (Fsp3) is 0.0714. The number of carbonyl (C=O) groups is 1. The molecule has 2 rings (SSSR count). The smallest absolute Gasteiger partial charge is 0.276 e. The molecule has 0 aliphatic heterocycles. The van der Waals surface area contributed by atoms with Crippen LogP contribution in [0.3, 0.4) is 0 Å². The van der Waals surface area contributed by atoms with Crippen molar-refractivity contribution in [2.45, 2.75) is 0 Å². The van der Waals surface area contributed by atoms with E-state index in [2.05, 4.69) is 20.9 Å². The molecule has 1 heterocycles. The molecular weight excluding hydrogens is 306 g/mol. The molecule has 0 spiro atoms. The van der Waals surface area contributed by atoms with Gasteiger partial charge in [-0.1, -0.05) is 15.9 Å². The zero-order valence-electron chi connectivity index (χ0n) is 10.2. The lowest BCUT2D eigenvalue weighted by Crippen LogP contribution is -2.27. The molecule has 1 amide bonds. The van der Waals surface area contributed by atoms with Crippen LogP contribution in [0.1, 0.15) is 16.1 Å². The second kappa shape index (κ2) is 5.63. The minimum Gasteiger partial charge on any atom is -0.310 e. The largest absolute Gasteiger partial charge is 0.310 e. The maximum Gasteiger partial charge on any atom is 0.276 e. The van der Waals surface area contributed by atoms with Crippen LogP contribution in [-0.4, -0.2) is 17.9 Å². The van der Waals surface area contributed by atoms with Crippen LogP contribution < -0.4 is 4.90 Å². The predicted molar refractivity (Wildman–Crippen MR) is 75.8 cm³/mol. The zero-order chi connectivity index (χ0) is 13.8. The topological polar surface area (TPSA) is 57.0 Å². The predicted octanol–water partition coefficient (Wildman–Crippen LogP) is 2.99. The second-order valence-corrected chi connectivity index (χ2v) is 4.80. The molecule has 0 bridgehead atoms. The van der Waals surface area contributed by atoms with E-state index >= 15 is 0 Å². The van der Waals surface area contributed by atoms with Crippen LogP contribution in [0.5, 0.6) is 0 Å². The van der Waals surface area contributed by atoms with E-state index in [0.717, 1.165) is 10.2 Å². The minimum absolute atomic E-state index is 0.251. The summed E-state index contributed by atoms with van der Waals surface area (Å²) in [6.07, 6.45) is 1.46. The summed E-state index contributed by atoms with van der Waals surface area (Å²) >= 11 is 3.34. The number of hydrogen-bond acceptors (Lipinski definition) is 3. The maximum absolute atomic E-state index is 12.2. The van der Waals surface area contributed by atoms with E-state index < -0.39 is 0 Å². The van der Waals surface area contributed by atoms with Crippen molar-refractivity contribution in [3.63, 3.8) is 0 Å². The van der Waals surface area contributed by atoms with Crippen molar-refractivity contribution in [3.05, 3.63) is 58.3 Å². The molecule has 0 aliphatic carbocycles. The number of amides is 1. The number of benzene rings is 1. The van der Waals surface area contributed by atoms with Crippen LogP contribution in [0, 0.1) is 11.3 Å². The van der Waals surface area contributed by atoms with Crippen LogP contribution in [0.4, 0.5) is 5.69 Å². The Balaban J connectivity index is 2.28. The molecule has 0 unspecified atom stereocenters. The third kappa shape index (κ3) is 2.98. The van der Waals surface area contributed by atoms with Crippen LogP contribution in [0.25, 0.3) is 0 Å². The third-order valence-electron chi connectivity index (χ3n) is 2.63. The van der Waals surface area contributed by atoms with Crippen LogP contribution in [0.2, 0.25) is 0 Å². The Morgan fingerprint density at radius 3 is 2.63 bits per heavy atom. The molecule has 0 atom stereocenters. The summed E-state index contributed by atoms with van der Waals surface area (Å²) in [6, 6.07) is 12.4. The molecule has 1 aromatic heterocycles. The summed E-state index contributed by atoms with van der Waals surface area (Å²) in [5.74, 6) is -0.251. The number of nitrogens with zero attached hydrogens (tertiary/aromatic N) is 3. The Bertz CT molecular complexity index is 646. The molecule has 0 fully saturated rings. The molecule has 0 aliphatic rings. The highest BCUT2D eigenvalue weighted by atomic mass is 79.9. The fourth-order valence-electron chi connectivity index (χ4n) is 1.57. The number of hydrogen-bond donors (Lipinski definition) is 0. The van der Waals surface area contributed by atoms with E-state index in [9.17, 15) is 4.79 Å². The third-order valence-corrected chi connectivity index (χ3v) is 3.16. The van der Waals surface area contributed by atoms with Gasteiger partial charge < -0.3 is 4.90 Å². The Morgan fingerprint density at radius 1 is 1.32 bits per heavy atom. The van der Waals surface area contributed by atoms with Gasteiger partial charge in [-0.2, -0.15) is 5.26 Å². The summed E-state index contributed by atoms with van der Waals surface area (Å²) in [5, 5.41) is 8.82. The maximum atomic E-state index is 12.2. The highest BCUT2D eigenvalue weighted by molar-refractivity contribution is 9.10. The van der Waals surface area contributed by atoms with Crippen molar-refractivity contribution in [2.75, 3.05) is 11.9 Å². The standard InChI is InChI=1S/C14H10BrN3O/c1-18(12-4-2-11(15)3-5-12)14(19)13-8-10(9-16)6-7-17-13/h2-8H,1H3. The van der Waals surface area contributed by atoms with E-state index in [1.54, 1.807) is 13.1 Å². The van der Waals surface area contributed by atoms with Crippen LogP contribution in [0.15, 0.2) is 47.1 Å². The summed E-state index contributed by atoms with van der Waals surface area (Å²) in [5.41, 5.74) is 1.43. The zero-order valence-corrected chi connectivity index (χ0v) is 11.8. The van der Waals surface area contributed by atoms with Gasteiger partial charge in [0.25, 0.3) is 5.91 Å². The Kier molecular flexibility index (Phi) is 3.93. The van der Waals surface area contributed by atoms with Crippen molar-refractivity contribution in [2.24, 2.45) is 0 Å². The molecule has 4 nitrogen and oxygen atoms in total. The lowest BCUT2D eigenvalue weighted by molar-refractivity contribution is 0.0988. The fourth-order valence-corrected chi connectivity index (χ4v) is 1.84. The summed E-state index contributed by atoms with van der Waals surface area (Å²) < 4.78 is 0.946. The van der Waals surface area contributed by atoms with Crippen molar-refractivity contribution in [3.8, 4) is 6.07 Å². The molecule has 0 saturated carbocycles. The molecule has 19 heavy (non-hydrogen) atoms. The molecular formula is C14H10BrN3O. The molecule has 0 N–H and O–H groups in total. The molecule has 0 saturated heterocycles. The second-order valence-electron chi connectivity index (χ2n) is 3.88. The number of pyridine rings is 1. The number of anilines is 1.